The van der Waals surface area contributed by atoms with E-state index in [1.807, 2.05) is 13.8 Å². The lowest BCUT2D eigenvalue weighted by Gasteiger charge is -2.48. The second-order valence-corrected chi connectivity index (χ2v) is 10.6. The predicted octanol–water partition coefficient (Wildman–Crippen LogP) is 3.74. The number of carbonyl (C=O) groups excluding carboxylic acids is 1. The number of hydrogen-bond donors (Lipinski definition) is 1. The van der Waals surface area contributed by atoms with Gasteiger partial charge in [-0.25, -0.2) is 0 Å². The fourth-order valence-electron chi connectivity index (χ4n) is 6.62. The van der Waals surface area contributed by atoms with Crippen molar-refractivity contribution in [3.63, 3.8) is 0 Å². The monoisotopic (exact) mass is 541 g/mol. The molecule has 3 aliphatic heterocycles. The number of nitrogens with zero attached hydrogens (tertiary/aromatic N) is 2. The van der Waals surface area contributed by atoms with Gasteiger partial charge in [-0.2, -0.15) is 0 Å². The Labute approximate surface area is 230 Å². The van der Waals surface area contributed by atoms with Crippen molar-refractivity contribution < 1.29 is 33.5 Å². The van der Waals surface area contributed by atoms with Crippen LogP contribution in [0.3, 0.4) is 0 Å². The molecule has 3 aliphatic rings. The van der Waals surface area contributed by atoms with Crippen molar-refractivity contribution >= 4 is 5.91 Å². The van der Waals surface area contributed by atoms with Crippen molar-refractivity contribution in [2.45, 2.75) is 59.2 Å². The van der Waals surface area contributed by atoms with Gasteiger partial charge in [-0.05, 0) is 59.0 Å². The Morgan fingerprint density at radius 1 is 1.05 bits per heavy atom. The molecule has 0 aromatic heterocycles. The van der Waals surface area contributed by atoms with Gasteiger partial charge < -0.3 is 34.1 Å². The van der Waals surface area contributed by atoms with E-state index in [1.54, 1.807) is 7.11 Å². The molecule has 0 aliphatic carbocycles. The standard InChI is InChI=1S/C29H39N3O7/c1-9-32-20-11-19-23(21(32)12-30-18(5)33)29-27(35-13-36-29)17(4)26(19)39-38-14-37-28-22(24(20)31(6)7)15(2)10-16(3)25(28)34-8/h10,20-21,24H,9,11-14H2,1-8H3,(H,30,33)/t20?,21-,24-/m0/s1. The SMILES string of the molecule is CCN1C2Cc3c(c(C)c4c(c3[C@@H]1CNC(C)=O)OCO4)OOCOc1c(OC)c(C)cc(C)c1[C@H]2N(C)C. The van der Waals surface area contributed by atoms with Gasteiger partial charge in [0.2, 0.25) is 19.5 Å². The van der Waals surface area contributed by atoms with Crippen LogP contribution in [-0.2, 0) is 16.1 Å². The first-order chi connectivity index (χ1) is 18.7. The van der Waals surface area contributed by atoms with Gasteiger partial charge in [-0.1, -0.05) is 13.0 Å². The highest BCUT2D eigenvalue weighted by Gasteiger charge is 2.46. The summed E-state index contributed by atoms with van der Waals surface area (Å²) in [4.78, 5) is 28.5. The number of aryl methyl sites for hydroxylation is 2. The van der Waals surface area contributed by atoms with Gasteiger partial charge in [0.15, 0.2) is 28.7 Å². The molecule has 10 nitrogen and oxygen atoms in total. The van der Waals surface area contributed by atoms with Crippen LogP contribution in [0.1, 0.15) is 59.3 Å². The third kappa shape index (κ3) is 4.54. The molecule has 5 rings (SSSR count). The van der Waals surface area contributed by atoms with Crippen molar-refractivity contribution in [2.75, 3.05) is 47.9 Å². The van der Waals surface area contributed by atoms with Crippen LogP contribution in [0.2, 0.25) is 0 Å². The molecule has 2 aromatic carbocycles. The van der Waals surface area contributed by atoms with Gasteiger partial charge in [-0.3, -0.25) is 9.69 Å². The summed E-state index contributed by atoms with van der Waals surface area (Å²) in [6.45, 7) is 10.9. The van der Waals surface area contributed by atoms with Gasteiger partial charge in [0.25, 0.3) is 0 Å². The topological polar surface area (TPSA) is 91.0 Å². The van der Waals surface area contributed by atoms with E-state index in [-0.39, 0.29) is 37.6 Å². The number of ether oxygens (including phenoxy) is 4. The quantitative estimate of drug-likeness (QED) is 0.569. The third-order valence-corrected chi connectivity index (χ3v) is 8.10. The van der Waals surface area contributed by atoms with Crippen molar-refractivity contribution in [2.24, 2.45) is 0 Å². The highest BCUT2D eigenvalue weighted by molar-refractivity contribution is 5.73. The molecule has 3 heterocycles. The molecule has 1 unspecified atom stereocenters. The second kappa shape index (κ2) is 10.7. The molecule has 2 bridgehead atoms. The number of likely N-dealkylation sites (N-methyl/N-ethyl adjacent to an activating group) is 2. The molecule has 1 N–H and O–H groups in total. The fraction of sp³-hybridized carbons (Fsp3) is 0.552. The van der Waals surface area contributed by atoms with Crippen LogP contribution in [0.25, 0.3) is 0 Å². The van der Waals surface area contributed by atoms with Gasteiger partial charge in [0.1, 0.15) is 0 Å². The highest BCUT2D eigenvalue weighted by Crippen LogP contribution is 2.55. The van der Waals surface area contributed by atoms with E-state index in [0.717, 1.165) is 39.9 Å². The van der Waals surface area contributed by atoms with Crippen LogP contribution in [-0.4, -0.2) is 69.6 Å². The Morgan fingerprint density at radius 3 is 2.44 bits per heavy atom. The minimum absolute atomic E-state index is 0.00931. The molecule has 3 atom stereocenters. The number of hydrogen-bond acceptors (Lipinski definition) is 9. The summed E-state index contributed by atoms with van der Waals surface area (Å²) in [6, 6.07) is 1.86. The number of carbonyl (C=O) groups is 1. The van der Waals surface area contributed by atoms with E-state index in [1.165, 1.54) is 6.92 Å². The number of nitrogens with one attached hydrogen (secondary N) is 1. The van der Waals surface area contributed by atoms with Crippen LogP contribution in [0.5, 0.6) is 28.7 Å². The molecule has 1 amide bonds. The van der Waals surface area contributed by atoms with Crippen LogP contribution in [0, 0.1) is 20.8 Å². The number of fused-ring (bicyclic) bond motifs is 4. The maximum absolute atomic E-state index is 12.1. The molecule has 0 saturated carbocycles. The lowest BCUT2D eigenvalue weighted by molar-refractivity contribution is -0.247. The zero-order chi connectivity index (χ0) is 28.0. The second-order valence-electron chi connectivity index (χ2n) is 10.6. The van der Waals surface area contributed by atoms with Crippen molar-refractivity contribution in [1.82, 2.24) is 15.1 Å². The van der Waals surface area contributed by atoms with E-state index >= 15 is 0 Å². The Morgan fingerprint density at radius 2 is 1.77 bits per heavy atom. The van der Waals surface area contributed by atoms with Gasteiger partial charge >= 0.3 is 0 Å². The molecular weight excluding hydrogens is 502 g/mol. The van der Waals surface area contributed by atoms with Crippen molar-refractivity contribution in [3.05, 3.63) is 39.4 Å². The summed E-state index contributed by atoms with van der Waals surface area (Å²) in [5.41, 5.74) is 5.89. The Kier molecular flexibility index (Phi) is 7.54. The average molecular weight is 542 g/mol. The molecule has 0 fully saturated rings. The zero-order valence-corrected chi connectivity index (χ0v) is 24.1. The summed E-state index contributed by atoms with van der Waals surface area (Å²) < 4.78 is 24.1. The summed E-state index contributed by atoms with van der Waals surface area (Å²) in [5.74, 6) is 3.19. The van der Waals surface area contributed by atoms with E-state index in [0.29, 0.717) is 41.7 Å². The number of rotatable bonds is 5. The molecule has 0 spiro atoms. The molecule has 39 heavy (non-hydrogen) atoms. The normalized spacial score (nSPS) is 21.9. The van der Waals surface area contributed by atoms with Crippen LogP contribution in [0.4, 0.5) is 0 Å². The van der Waals surface area contributed by atoms with E-state index in [9.17, 15) is 4.79 Å². The summed E-state index contributed by atoms with van der Waals surface area (Å²) >= 11 is 0. The molecule has 0 radical (unpaired) electrons. The van der Waals surface area contributed by atoms with Gasteiger partial charge in [0, 0.05) is 41.8 Å². The van der Waals surface area contributed by atoms with Crippen LogP contribution in [0.15, 0.2) is 6.07 Å². The first-order valence-corrected chi connectivity index (χ1v) is 13.4. The third-order valence-electron chi connectivity index (χ3n) is 8.10. The van der Waals surface area contributed by atoms with Crippen molar-refractivity contribution in [3.8, 4) is 28.7 Å². The summed E-state index contributed by atoms with van der Waals surface area (Å²) in [6.07, 6.45) is 0.661. The summed E-state index contributed by atoms with van der Waals surface area (Å²) in [5, 5.41) is 3.06. The molecule has 212 valence electrons. The first kappa shape index (κ1) is 27.4. The lowest BCUT2D eigenvalue weighted by atomic mass is 9.79. The van der Waals surface area contributed by atoms with Crippen LogP contribution >= 0.6 is 0 Å². The Bertz CT molecular complexity index is 1280. The minimum atomic E-state index is -0.189. The van der Waals surface area contributed by atoms with Crippen LogP contribution < -0.4 is 29.2 Å². The predicted molar refractivity (Wildman–Crippen MR) is 145 cm³/mol. The Hall–Kier alpha value is -3.21. The largest absolute Gasteiger partial charge is 0.493 e. The van der Waals surface area contributed by atoms with E-state index in [2.05, 4.69) is 49.1 Å². The Balaban J connectivity index is 1.80. The smallest absolute Gasteiger partial charge is 0.232 e. The maximum atomic E-state index is 12.1. The summed E-state index contributed by atoms with van der Waals surface area (Å²) in [7, 11) is 5.83. The molecular formula is C29H39N3O7. The number of methoxy groups -OCH3 is 1. The fourth-order valence-corrected chi connectivity index (χ4v) is 6.62. The number of benzene rings is 2. The number of amides is 1. The van der Waals surface area contributed by atoms with E-state index < -0.39 is 0 Å². The van der Waals surface area contributed by atoms with Crippen molar-refractivity contribution in [1.29, 1.82) is 0 Å². The molecule has 2 aromatic rings. The highest BCUT2D eigenvalue weighted by atomic mass is 17.2. The average Bonchev–Trinajstić information content (AvgIpc) is 3.37. The minimum Gasteiger partial charge on any atom is -0.493 e. The molecule has 0 saturated heterocycles. The molecule has 10 heteroatoms. The van der Waals surface area contributed by atoms with Gasteiger partial charge in [0.05, 0.1) is 19.2 Å². The van der Waals surface area contributed by atoms with E-state index in [4.69, 9.17) is 28.7 Å². The lowest BCUT2D eigenvalue weighted by Crippen LogP contribution is -2.52. The van der Waals surface area contributed by atoms with Gasteiger partial charge in [-0.15, -0.1) is 4.89 Å². The first-order valence-electron chi connectivity index (χ1n) is 13.4. The maximum Gasteiger partial charge on any atom is 0.232 e. The zero-order valence-electron chi connectivity index (χ0n) is 24.1.